The number of methoxy groups -OCH3 is 1. The number of piperidine rings is 1. The Kier molecular flexibility index (Phi) is 7.33. The van der Waals surface area contributed by atoms with E-state index >= 15 is 0 Å². The first-order chi connectivity index (χ1) is 14.4. The van der Waals surface area contributed by atoms with Crippen molar-refractivity contribution in [1.29, 1.82) is 0 Å². The minimum Gasteiger partial charge on any atom is -0.495 e. The van der Waals surface area contributed by atoms with Gasteiger partial charge in [0, 0.05) is 18.2 Å². The van der Waals surface area contributed by atoms with Gasteiger partial charge < -0.3 is 15.0 Å². The van der Waals surface area contributed by atoms with Crippen molar-refractivity contribution in [3.05, 3.63) is 54.1 Å². The van der Waals surface area contributed by atoms with Crippen molar-refractivity contribution in [2.45, 2.75) is 37.1 Å². The summed E-state index contributed by atoms with van der Waals surface area (Å²) in [5.41, 5.74) is 0.782. The van der Waals surface area contributed by atoms with E-state index in [1.807, 2.05) is 6.92 Å². The Balaban J connectivity index is 1.62. The van der Waals surface area contributed by atoms with Crippen LogP contribution >= 0.6 is 0 Å². The van der Waals surface area contributed by atoms with Gasteiger partial charge in [0.1, 0.15) is 5.75 Å². The Bertz CT molecular complexity index is 955. The number of amides is 1. The molecular weight excluding hydrogens is 402 g/mol. The van der Waals surface area contributed by atoms with Crippen LogP contribution in [-0.4, -0.2) is 52.0 Å². The maximum atomic E-state index is 12.7. The number of sulfonamides is 1. The molecule has 1 unspecified atom stereocenters. The lowest BCUT2D eigenvalue weighted by Crippen LogP contribution is -2.43. The third-order valence-electron chi connectivity index (χ3n) is 5.14. The highest BCUT2D eigenvalue weighted by Gasteiger charge is 2.19. The zero-order valence-electron chi connectivity index (χ0n) is 17.4. The Morgan fingerprint density at radius 2 is 1.73 bits per heavy atom. The van der Waals surface area contributed by atoms with Gasteiger partial charge in [0.15, 0.2) is 0 Å². The molecule has 30 heavy (non-hydrogen) atoms. The third-order valence-corrected chi connectivity index (χ3v) is 6.52. The first-order valence-electron chi connectivity index (χ1n) is 10.2. The number of para-hydroxylation sites is 2. The molecule has 162 valence electrons. The van der Waals surface area contributed by atoms with Crippen molar-refractivity contribution in [1.82, 2.24) is 10.2 Å². The summed E-state index contributed by atoms with van der Waals surface area (Å²) >= 11 is 0. The van der Waals surface area contributed by atoms with Crippen molar-refractivity contribution < 1.29 is 17.9 Å². The van der Waals surface area contributed by atoms with Gasteiger partial charge in [0.25, 0.3) is 15.9 Å². The monoisotopic (exact) mass is 431 g/mol. The average Bonchev–Trinajstić information content (AvgIpc) is 2.74. The van der Waals surface area contributed by atoms with E-state index in [9.17, 15) is 13.2 Å². The summed E-state index contributed by atoms with van der Waals surface area (Å²) in [6.45, 7) is 4.96. The SMILES string of the molecule is COc1ccccc1NS(=O)(=O)c1ccc(C(=O)NC(C)CN2CCCCC2)cc1. The van der Waals surface area contributed by atoms with Crippen LogP contribution in [0.1, 0.15) is 36.5 Å². The summed E-state index contributed by atoms with van der Waals surface area (Å²) in [5.74, 6) is 0.223. The van der Waals surface area contributed by atoms with Crippen LogP contribution in [0.4, 0.5) is 5.69 Å². The van der Waals surface area contributed by atoms with E-state index in [2.05, 4.69) is 14.9 Å². The van der Waals surface area contributed by atoms with Gasteiger partial charge in [0.2, 0.25) is 0 Å². The van der Waals surface area contributed by atoms with E-state index in [1.165, 1.54) is 50.6 Å². The molecule has 2 aromatic rings. The molecule has 3 rings (SSSR count). The number of hydrogen-bond donors (Lipinski definition) is 2. The Hall–Kier alpha value is -2.58. The zero-order valence-corrected chi connectivity index (χ0v) is 18.2. The minimum atomic E-state index is -3.80. The van der Waals surface area contributed by atoms with Crippen LogP contribution in [0, 0.1) is 0 Å². The van der Waals surface area contributed by atoms with E-state index < -0.39 is 10.0 Å². The fourth-order valence-corrected chi connectivity index (χ4v) is 4.67. The summed E-state index contributed by atoms with van der Waals surface area (Å²) in [4.78, 5) is 15.0. The number of nitrogens with zero attached hydrogens (tertiary/aromatic N) is 1. The van der Waals surface area contributed by atoms with Crippen LogP contribution in [0.3, 0.4) is 0 Å². The van der Waals surface area contributed by atoms with Crippen molar-refractivity contribution >= 4 is 21.6 Å². The number of carbonyl (C=O) groups is 1. The molecule has 1 aliphatic heterocycles. The second-order valence-corrected chi connectivity index (χ2v) is 9.25. The molecular formula is C22H29N3O4S. The number of nitrogens with one attached hydrogen (secondary N) is 2. The van der Waals surface area contributed by atoms with Crippen molar-refractivity contribution in [2.24, 2.45) is 0 Å². The lowest BCUT2D eigenvalue weighted by molar-refractivity contribution is 0.0925. The Labute approximate surface area is 178 Å². The maximum Gasteiger partial charge on any atom is 0.262 e. The highest BCUT2D eigenvalue weighted by atomic mass is 32.2. The molecule has 2 aromatic carbocycles. The smallest absolute Gasteiger partial charge is 0.262 e. The largest absolute Gasteiger partial charge is 0.495 e. The lowest BCUT2D eigenvalue weighted by atomic mass is 10.1. The molecule has 0 bridgehead atoms. The van der Waals surface area contributed by atoms with Gasteiger partial charge in [-0.1, -0.05) is 18.6 Å². The summed E-state index contributed by atoms with van der Waals surface area (Å²) in [5, 5.41) is 2.99. The zero-order chi connectivity index (χ0) is 21.6. The molecule has 1 heterocycles. The molecule has 1 amide bonds. The van der Waals surface area contributed by atoms with Crippen molar-refractivity contribution in [2.75, 3.05) is 31.5 Å². The van der Waals surface area contributed by atoms with Gasteiger partial charge in [-0.3, -0.25) is 9.52 Å². The lowest BCUT2D eigenvalue weighted by Gasteiger charge is -2.29. The van der Waals surface area contributed by atoms with Crippen LogP contribution in [0.25, 0.3) is 0 Å². The Morgan fingerprint density at radius 3 is 2.40 bits per heavy atom. The normalized spacial score (nSPS) is 15.9. The first kappa shape index (κ1) is 22.1. The quantitative estimate of drug-likeness (QED) is 0.671. The topological polar surface area (TPSA) is 87.7 Å². The van der Waals surface area contributed by atoms with Gasteiger partial charge in [-0.25, -0.2) is 8.42 Å². The summed E-state index contributed by atoms with van der Waals surface area (Å²) in [6, 6.07) is 12.7. The van der Waals surface area contributed by atoms with E-state index in [0.717, 1.165) is 19.6 Å². The van der Waals surface area contributed by atoms with E-state index in [4.69, 9.17) is 4.74 Å². The molecule has 0 saturated carbocycles. The van der Waals surface area contributed by atoms with E-state index in [-0.39, 0.29) is 16.8 Å². The number of likely N-dealkylation sites (tertiary alicyclic amines) is 1. The number of carbonyl (C=O) groups excluding carboxylic acids is 1. The molecule has 1 fully saturated rings. The second-order valence-electron chi connectivity index (χ2n) is 7.57. The van der Waals surface area contributed by atoms with E-state index in [1.54, 1.807) is 24.3 Å². The van der Waals surface area contributed by atoms with Crippen molar-refractivity contribution in [3.63, 3.8) is 0 Å². The van der Waals surface area contributed by atoms with Crippen molar-refractivity contribution in [3.8, 4) is 5.75 Å². The van der Waals surface area contributed by atoms with Crippen LogP contribution < -0.4 is 14.8 Å². The van der Waals surface area contributed by atoms with Gasteiger partial charge in [-0.2, -0.15) is 0 Å². The highest BCUT2D eigenvalue weighted by molar-refractivity contribution is 7.92. The molecule has 1 saturated heterocycles. The van der Waals surface area contributed by atoms with E-state index in [0.29, 0.717) is 17.0 Å². The summed E-state index contributed by atoms with van der Waals surface area (Å²) in [7, 11) is -2.32. The molecule has 0 radical (unpaired) electrons. The van der Waals surface area contributed by atoms with Gasteiger partial charge >= 0.3 is 0 Å². The number of hydrogen-bond acceptors (Lipinski definition) is 5. The average molecular weight is 432 g/mol. The van der Waals surface area contributed by atoms with Gasteiger partial charge in [-0.05, 0) is 69.3 Å². The number of benzene rings is 2. The van der Waals surface area contributed by atoms with Crippen LogP contribution in [0.2, 0.25) is 0 Å². The molecule has 8 heteroatoms. The predicted molar refractivity (Wildman–Crippen MR) is 117 cm³/mol. The van der Waals surface area contributed by atoms with Crippen LogP contribution in [0.5, 0.6) is 5.75 Å². The Morgan fingerprint density at radius 1 is 1.07 bits per heavy atom. The van der Waals surface area contributed by atoms with Crippen LogP contribution in [0.15, 0.2) is 53.4 Å². The molecule has 1 aliphatic rings. The fraction of sp³-hybridized carbons (Fsp3) is 0.409. The highest BCUT2D eigenvalue weighted by Crippen LogP contribution is 2.26. The molecule has 2 N–H and O–H groups in total. The first-order valence-corrected chi connectivity index (χ1v) is 11.7. The second kappa shape index (κ2) is 9.95. The summed E-state index contributed by atoms with van der Waals surface area (Å²) in [6.07, 6.45) is 3.69. The van der Waals surface area contributed by atoms with Gasteiger partial charge in [-0.15, -0.1) is 0 Å². The summed E-state index contributed by atoms with van der Waals surface area (Å²) < 4.78 is 33.1. The molecule has 0 spiro atoms. The molecule has 1 atom stereocenters. The maximum absolute atomic E-state index is 12.7. The molecule has 7 nitrogen and oxygen atoms in total. The predicted octanol–water partition coefficient (Wildman–Crippen LogP) is 3.10. The number of anilines is 1. The molecule has 0 aromatic heterocycles. The fourth-order valence-electron chi connectivity index (χ4n) is 3.60. The minimum absolute atomic E-state index is 0.0196. The van der Waals surface area contributed by atoms with Crippen LogP contribution in [-0.2, 0) is 10.0 Å². The number of ether oxygens (including phenoxy) is 1. The molecule has 0 aliphatic carbocycles. The standard InChI is InChI=1S/C22H29N3O4S/c1-17(16-25-14-6-3-7-15-25)23-22(26)18-10-12-19(13-11-18)30(27,28)24-20-8-4-5-9-21(20)29-2/h4-5,8-13,17,24H,3,6-7,14-16H2,1-2H3,(H,23,26). The van der Waals surface area contributed by atoms with Gasteiger partial charge in [0.05, 0.1) is 17.7 Å². The number of rotatable bonds is 8. The third kappa shape index (κ3) is 5.73.